The molecule has 0 aromatic carbocycles. The number of hydrogen-bond acceptors (Lipinski definition) is 4. The Hall–Kier alpha value is -1.44. The third-order valence-corrected chi connectivity index (χ3v) is 2.91. The second kappa shape index (κ2) is 4.68. The summed E-state index contributed by atoms with van der Waals surface area (Å²) in [5.74, 6) is 0.104. The molecule has 0 saturated carbocycles. The van der Waals surface area contributed by atoms with Gasteiger partial charge < -0.3 is 9.64 Å². The molecule has 102 valence electrons. The van der Waals surface area contributed by atoms with Crippen LogP contribution in [0.4, 0.5) is 13.2 Å². The molecule has 0 radical (unpaired) electrons. The lowest BCUT2D eigenvalue weighted by Crippen LogP contribution is -2.50. The van der Waals surface area contributed by atoms with Gasteiger partial charge in [-0.25, -0.2) is 0 Å². The van der Waals surface area contributed by atoms with Crippen LogP contribution in [0.3, 0.4) is 0 Å². The Morgan fingerprint density at radius 3 is 2.33 bits per heavy atom. The molecule has 8 heteroatoms. The highest BCUT2D eigenvalue weighted by atomic mass is 19.4. The summed E-state index contributed by atoms with van der Waals surface area (Å²) in [4.78, 5) is 3.31. The largest absolute Gasteiger partial charge is 0.480 e. The van der Waals surface area contributed by atoms with E-state index < -0.39 is 11.9 Å². The van der Waals surface area contributed by atoms with Gasteiger partial charge in [-0.2, -0.15) is 13.2 Å². The van der Waals surface area contributed by atoms with E-state index in [4.69, 9.17) is 4.74 Å². The molecule has 2 rings (SSSR count). The highest BCUT2D eigenvalue weighted by Crippen LogP contribution is 2.30. The molecular weight excluding hydrogens is 249 g/mol. The van der Waals surface area contributed by atoms with Gasteiger partial charge >= 0.3 is 6.18 Å². The van der Waals surface area contributed by atoms with Gasteiger partial charge in [-0.3, -0.25) is 5.01 Å². The number of hydrogen-bond donors (Lipinski definition) is 0. The number of alkyl halides is 3. The predicted molar refractivity (Wildman–Crippen MR) is 59.2 cm³/mol. The molecule has 2 heterocycles. The molecule has 1 aliphatic rings. The summed E-state index contributed by atoms with van der Waals surface area (Å²) in [6.45, 7) is 2.80. The molecule has 0 atom stereocenters. The van der Waals surface area contributed by atoms with E-state index in [9.17, 15) is 13.2 Å². The van der Waals surface area contributed by atoms with Crippen LogP contribution >= 0.6 is 0 Å². The highest BCUT2D eigenvalue weighted by Gasteiger charge is 2.36. The van der Waals surface area contributed by atoms with E-state index in [1.54, 1.807) is 5.01 Å². The van der Waals surface area contributed by atoms with Crippen molar-refractivity contribution in [3.8, 4) is 5.88 Å². The number of likely N-dealkylation sites (N-methyl/N-ethyl adjacent to an activating group) is 1. The maximum atomic E-state index is 12.6. The molecule has 1 aromatic heterocycles. The van der Waals surface area contributed by atoms with Gasteiger partial charge in [0.05, 0.1) is 7.11 Å². The normalized spacial score (nSPS) is 18.2. The third kappa shape index (κ3) is 2.53. The fourth-order valence-electron chi connectivity index (χ4n) is 1.82. The number of halogens is 3. The Kier molecular flexibility index (Phi) is 3.38. The van der Waals surface area contributed by atoms with Crippen molar-refractivity contribution >= 4 is 0 Å². The van der Waals surface area contributed by atoms with Crippen molar-refractivity contribution in [2.45, 2.75) is 6.18 Å². The van der Waals surface area contributed by atoms with Crippen LogP contribution in [-0.2, 0) is 6.18 Å². The molecule has 0 aliphatic carbocycles. The SMILES string of the molecule is COc1cc(C(F)(F)F)nn1N1CCN(C)CC1. The van der Waals surface area contributed by atoms with Crippen molar-refractivity contribution in [3.63, 3.8) is 0 Å². The summed E-state index contributed by atoms with van der Waals surface area (Å²) in [5, 5.41) is 5.32. The maximum absolute atomic E-state index is 12.6. The molecule has 5 nitrogen and oxygen atoms in total. The van der Waals surface area contributed by atoms with Gasteiger partial charge in [0.25, 0.3) is 0 Å². The minimum absolute atomic E-state index is 0.104. The molecule has 0 unspecified atom stereocenters. The smallest absolute Gasteiger partial charge is 0.435 e. The van der Waals surface area contributed by atoms with E-state index in [2.05, 4.69) is 10.00 Å². The summed E-state index contributed by atoms with van der Waals surface area (Å²) < 4.78 is 42.7. The van der Waals surface area contributed by atoms with E-state index >= 15 is 0 Å². The lowest BCUT2D eigenvalue weighted by molar-refractivity contribution is -0.141. The van der Waals surface area contributed by atoms with E-state index in [1.807, 2.05) is 7.05 Å². The average Bonchev–Trinajstić information content (AvgIpc) is 2.73. The van der Waals surface area contributed by atoms with Crippen LogP contribution in [0.25, 0.3) is 0 Å². The van der Waals surface area contributed by atoms with Gasteiger partial charge in [0, 0.05) is 32.2 Å². The summed E-state index contributed by atoms with van der Waals surface area (Å²) in [6, 6.07) is 0.915. The third-order valence-electron chi connectivity index (χ3n) is 2.91. The van der Waals surface area contributed by atoms with Crippen LogP contribution in [-0.4, -0.2) is 55.1 Å². The van der Waals surface area contributed by atoms with Crippen LogP contribution in [0.5, 0.6) is 5.88 Å². The molecule has 18 heavy (non-hydrogen) atoms. The van der Waals surface area contributed by atoms with E-state index in [0.717, 1.165) is 19.2 Å². The van der Waals surface area contributed by atoms with Gasteiger partial charge in [-0.15, -0.1) is 9.89 Å². The molecule has 1 aromatic rings. The van der Waals surface area contributed by atoms with Crippen molar-refractivity contribution < 1.29 is 17.9 Å². The Morgan fingerprint density at radius 2 is 1.83 bits per heavy atom. The summed E-state index contributed by atoms with van der Waals surface area (Å²) in [7, 11) is 3.31. The number of aromatic nitrogens is 2. The standard InChI is InChI=1S/C10H15F3N4O/c1-15-3-5-16(6-4-15)17-9(18-2)7-8(14-17)10(11,12)13/h7H,3-6H2,1-2H3. The molecule has 1 saturated heterocycles. The van der Waals surface area contributed by atoms with Crippen LogP contribution in [0, 0.1) is 0 Å². The molecule has 0 spiro atoms. The maximum Gasteiger partial charge on any atom is 0.435 e. The number of nitrogens with zero attached hydrogens (tertiary/aromatic N) is 4. The lowest BCUT2D eigenvalue weighted by Gasteiger charge is -2.33. The zero-order valence-electron chi connectivity index (χ0n) is 10.2. The first-order valence-electron chi connectivity index (χ1n) is 5.57. The van der Waals surface area contributed by atoms with Crippen molar-refractivity contribution in [1.29, 1.82) is 0 Å². The van der Waals surface area contributed by atoms with Crippen LogP contribution in [0.2, 0.25) is 0 Å². The summed E-state index contributed by atoms with van der Waals surface area (Å²) in [5.41, 5.74) is -0.932. The first-order valence-corrected chi connectivity index (χ1v) is 5.57. The van der Waals surface area contributed by atoms with Crippen LogP contribution in [0.15, 0.2) is 6.07 Å². The van der Waals surface area contributed by atoms with Gasteiger partial charge in [0.2, 0.25) is 5.88 Å². The Morgan fingerprint density at radius 1 is 1.22 bits per heavy atom. The highest BCUT2D eigenvalue weighted by molar-refractivity contribution is 5.20. The first kappa shape index (κ1) is 13.0. The zero-order valence-corrected chi connectivity index (χ0v) is 10.2. The Balaban J connectivity index is 2.24. The quantitative estimate of drug-likeness (QED) is 0.791. The van der Waals surface area contributed by atoms with Gasteiger partial charge in [0.15, 0.2) is 5.69 Å². The Bertz CT molecular complexity index is 410. The van der Waals surface area contributed by atoms with E-state index in [1.165, 1.54) is 11.9 Å². The van der Waals surface area contributed by atoms with Crippen molar-refractivity contribution in [2.75, 3.05) is 45.3 Å². The second-order valence-electron chi connectivity index (χ2n) is 4.22. The monoisotopic (exact) mass is 264 g/mol. The lowest BCUT2D eigenvalue weighted by atomic mass is 10.4. The number of piperazine rings is 1. The second-order valence-corrected chi connectivity index (χ2v) is 4.22. The summed E-state index contributed by atoms with van der Waals surface area (Å²) >= 11 is 0. The van der Waals surface area contributed by atoms with Crippen LogP contribution in [0.1, 0.15) is 5.69 Å². The van der Waals surface area contributed by atoms with E-state index in [-0.39, 0.29) is 5.88 Å². The zero-order chi connectivity index (χ0) is 13.3. The van der Waals surface area contributed by atoms with Crippen molar-refractivity contribution in [1.82, 2.24) is 14.8 Å². The average molecular weight is 264 g/mol. The minimum atomic E-state index is -4.45. The number of ether oxygens (including phenoxy) is 1. The topological polar surface area (TPSA) is 33.5 Å². The van der Waals surface area contributed by atoms with Crippen LogP contribution < -0.4 is 9.75 Å². The Labute approximate surface area is 103 Å². The van der Waals surface area contributed by atoms with E-state index in [0.29, 0.717) is 13.1 Å². The van der Waals surface area contributed by atoms with Crippen molar-refractivity contribution in [3.05, 3.63) is 11.8 Å². The molecular formula is C10H15F3N4O. The number of methoxy groups -OCH3 is 1. The molecule has 0 amide bonds. The molecule has 1 fully saturated rings. The van der Waals surface area contributed by atoms with Gasteiger partial charge in [-0.05, 0) is 7.05 Å². The molecule has 1 aliphatic heterocycles. The van der Waals surface area contributed by atoms with Gasteiger partial charge in [-0.1, -0.05) is 0 Å². The molecule has 0 bridgehead atoms. The predicted octanol–water partition coefficient (Wildman–Crippen LogP) is 0.794. The molecule has 0 N–H and O–H groups in total. The first-order chi connectivity index (χ1) is 8.41. The fraction of sp³-hybridized carbons (Fsp3) is 0.700. The number of rotatable bonds is 2. The van der Waals surface area contributed by atoms with Crippen molar-refractivity contribution in [2.24, 2.45) is 0 Å². The fourth-order valence-corrected chi connectivity index (χ4v) is 1.82. The van der Waals surface area contributed by atoms with Gasteiger partial charge in [0.1, 0.15) is 0 Å². The summed E-state index contributed by atoms with van der Waals surface area (Å²) in [6.07, 6.45) is -4.45. The minimum Gasteiger partial charge on any atom is -0.480 e.